The largest absolute Gasteiger partial charge is 0.496 e. The smallest absolute Gasteiger partial charge is 0.416 e. The Kier molecular flexibility index (Phi) is 7.19. The number of ether oxygens (including phenoxy) is 2. The Bertz CT molecular complexity index is 1170. The fourth-order valence-corrected chi connectivity index (χ4v) is 4.05. The van der Waals surface area contributed by atoms with Gasteiger partial charge in [-0.1, -0.05) is 23.8 Å². The van der Waals surface area contributed by atoms with Gasteiger partial charge in [0.05, 0.1) is 12.7 Å². The van der Waals surface area contributed by atoms with Crippen LogP contribution >= 0.6 is 0 Å². The lowest BCUT2D eigenvalue weighted by atomic mass is 10.1. The van der Waals surface area contributed by atoms with Crippen molar-refractivity contribution in [3.8, 4) is 11.5 Å². The molecule has 0 aliphatic carbocycles. The monoisotopic (exact) mass is 484 g/mol. The summed E-state index contributed by atoms with van der Waals surface area (Å²) in [7, 11) is 1.57. The second kappa shape index (κ2) is 10.3. The van der Waals surface area contributed by atoms with Gasteiger partial charge in [0.25, 0.3) is 5.91 Å². The number of methoxy groups -OCH3 is 1. The van der Waals surface area contributed by atoms with Crippen LogP contribution in [0.5, 0.6) is 11.5 Å². The van der Waals surface area contributed by atoms with Crippen molar-refractivity contribution in [3.63, 3.8) is 0 Å². The van der Waals surface area contributed by atoms with Crippen LogP contribution in [0.15, 0.2) is 66.7 Å². The van der Waals surface area contributed by atoms with Gasteiger partial charge in [-0.25, -0.2) is 0 Å². The average Bonchev–Trinajstić information content (AvgIpc) is 2.87. The molecule has 3 aromatic carbocycles. The standard InChI is InChI=1S/C27H27F3N2O3/c1-19-6-9-24(10-7-19)35-18-21-16-20(8-11-25(21)34-2)26(33)32-14-12-31(13-15-32)23-5-3-4-22(17-23)27(28,29)30/h3-11,16-17H,12-15,18H2,1-2H3. The molecule has 0 aromatic heterocycles. The highest BCUT2D eigenvalue weighted by Gasteiger charge is 2.31. The van der Waals surface area contributed by atoms with Gasteiger partial charge in [-0.3, -0.25) is 4.79 Å². The quantitative estimate of drug-likeness (QED) is 0.459. The summed E-state index contributed by atoms with van der Waals surface area (Å²) in [5, 5.41) is 0. The first-order chi connectivity index (χ1) is 16.7. The molecule has 1 saturated heterocycles. The van der Waals surface area contributed by atoms with Crippen LogP contribution < -0.4 is 14.4 Å². The van der Waals surface area contributed by atoms with E-state index in [1.807, 2.05) is 36.1 Å². The fraction of sp³-hybridized carbons (Fsp3) is 0.296. The predicted octanol–water partition coefficient (Wildman–Crippen LogP) is 5.56. The third-order valence-corrected chi connectivity index (χ3v) is 6.05. The van der Waals surface area contributed by atoms with Crippen molar-refractivity contribution in [2.75, 3.05) is 38.2 Å². The summed E-state index contributed by atoms with van der Waals surface area (Å²) >= 11 is 0. The topological polar surface area (TPSA) is 42.0 Å². The zero-order valence-electron chi connectivity index (χ0n) is 19.6. The summed E-state index contributed by atoms with van der Waals surface area (Å²) in [4.78, 5) is 16.8. The van der Waals surface area contributed by atoms with Crippen molar-refractivity contribution in [2.24, 2.45) is 0 Å². The molecule has 8 heteroatoms. The van der Waals surface area contributed by atoms with Crippen molar-refractivity contribution in [2.45, 2.75) is 19.7 Å². The number of halogens is 3. The minimum Gasteiger partial charge on any atom is -0.496 e. The van der Waals surface area contributed by atoms with E-state index in [4.69, 9.17) is 9.47 Å². The first-order valence-corrected chi connectivity index (χ1v) is 11.3. The number of piperazine rings is 1. The van der Waals surface area contributed by atoms with E-state index >= 15 is 0 Å². The zero-order chi connectivity index (χ0) is 25.0. The average molecular weight is 485 g/mol. The third-order valence-electron chi connectivity index (χ3n) is 6.05. The van der Waals surface area contributed by atoms with Crippen LogP contribution in [0.4, 0.5) is 18.9 Å². The summed E-state index contributed by atoms with van der Waals surface area (Å²) in [6.07, 6.45) is -4.39. The van der Waals surface area contributed by atoms with Gasteiger partial charge in [-0.2, -0.15) is 13.2 Å². The van der Waals surface area contributed by atoms with Crippen LogP contribution in [-0.2, 0) is 12.8 Å². The lowest BCUT2D eigenvalue weighted by Gasteiger charge is -2.36. The summed E-state index contributed by atoms with van der Waals surface area (Å²) in [5.41, 5.74) is 2.23. The Balaban J connectivity index is 1.41. The van der Waals surface area contributed by atoms with Crippen molar-refractivity contribution >= 4 is 11.6 Å². The zero-order valence-corrected chi connectivity index (χ0v) is 19.6. The molecule has 1 aliphatic rings. The molecule has 0 bridgehead atoms. The van der Waals surface area contributed by atoms with E-state index in [2.05, 4.69) is 0 Å². The van der Waals surface area contributed by atoms with Crippen LogP contribution in [-0.4, -0.2) is 44.1 Å². The van der Waals surface area contributed by atoms with Gasteiger partial charge in [-0.05, 0) is 55.5 Å². The molecule has 0 N–H and O–H groups in total. The van der Waals surface area contributed by atoms with Gasteiger partial charge >= 0.3 is 6.18 Å². The van der Waals surface area contributed by atoms with Crippen LogP contribution in [0.1, 0.15) is 27.0 Å². The highest BCUT2D eigenvalue weighted by Crippen LogP contribution is 2.32. The Morgan fingerprint density at radius 2 is 1.66 bits per heavy atom. The Morgan fingerprint density at radius 3 is 2.31 bits per heavy atom. The summed E-state index contributed by atoms with van der Waals surface area (Å²) in [5.74, 6) is 1.22. The number of alkyl halides is 3. The summed E-state index contributed by atoms with van der Waals surface area (Å²) in [6, 6.07) is 18.2. The lowest BCUT2D eigenvalue weighted by Crippen LogP contribution is -2.48. The maximum Gasteiger partial charge on any atom is 0.416 e. The van der Waals surface area contributed by atoms with Crippen LogP contribution in [0.3, 0.4) is 0 Å². The number of hydrogen-bond donors (Lipinski definition) is 0. The third kappa shape index (κ3) is 5.88. The van der Waals surface area contributed by atoms with Crippen LogP contribution in [0, 0.1) is 6.92 Å². The minimum absolute atomic E-state index is 0.132. The van der Waals surface area contributed by atoms with Gasteiger partial charge in [0, 0.05) is 43.0 Å². The molecule has 5 nitrogen and oxygen atoms in total. The number of carbonyl (C=O) groups excluding carboxylic acids is 1. The van der Waals surface area contributed by atoms with Crippen molar-refractivity contribution < 1.29 is 27.4 Å². The number of nitrogens with zero attached hydrogens (tertiary/aromatic N) is 2. The Labute approximate surface area is 202 Å². The van der Waals surface area contributed by atoms with E-state index in [-0.39, 0.29) is 12.5 Å². The van der Waals surface area contributed by atoms with Crippen molar-refractivity contribution in [3.05, 3.63) is 89.0 Å². The first kappa shape index (κ1) is 24.4. The summed E-state index contributed by atoms with van der Waals surface area (Å²) in [6.45, 7) is 3.98. The highest BCUT2D eigenvalue weighted by molar-refractivity contribution is 5.94. The van der Waals surface area contributed by atoms with E-state index in [9.17, 15) is 18.0 Å². The molecule has 1 fully saturated rings. The molecule has 35 heavy (non-hydrogen) atoms. The van der Waals surface area contributed by atoms with Crippen LogP contribution in [0.25, 0.3) is 0 Å². The number of amides is 1. The van der Waals surface area contributed by atoms with Gasteiger partial charge in [0.2, 0.25) is 0 Å². The molecular formula is C27H27F3N2O3. The molecule has 1 amide bonds. The Hall–Kier alpha value is -3.68. The molecule has 1 aliphatic heterocycles. The normalized spacial score (nSPS) is 14.1. The maximum atomic E-state index is 13.2. The van der Waals surface area contributed by atoms with Gasteiger partial charge in [0.1, 0.15) is 18.1 Å². The minimum atomic E-state index is -4.39. The SMILES string of the molecule is COc1ccc(C(=O)N2CCN(c3cccc(C(F)(F)F)c3)CC2)cc1COc1ccc(C)cc1. The number of benzene rings is 3. The van der Waals surface area contributed by atoms with E-state index < -0.39 is 11.7 Å². The number of aryl methyl sites for hydroxylation is 1. The maximum absolute atomic E-state index is 13.2. The van der Waals surface area contributed by atoms with Gasteiger partial charge in [0.15, 0.2) is 0 Å². The lowest BCUT2D eigenvalue weighted by molar-refractivity contribution is -0.137. The van der Waals surface area contributed by atoms with Crippen molar-refractivity contribution in [1.29, 1.82) is 0 Å². The van der Waals surface area contributed by atoms with E-state index in [0.29, 0.717) is 43.2 Å². The molecule has 0 atom stereocenters. The van der Waals surface area contributed by atoms with E-state index in [1.54, 1.807) is 36.3 Å². The molecule has 0 unspecified atom stereocenters. The molecule has 0 spiro atoms. The van der Waals surface area contributed by atoms with Crippen LogP contribution in [0.2, 0.25) is 0 Å². The number of anilines is 1. The van der Waals surface area contributed by atoms with Gasteiger partial charge < -0.3 is 19.3 Å². The van der Waals surface area contributed by atoms with Crippen molar-refractivity contribution in [1.82, 2.24) is 4.90 Å². The highest BCUT2D eigenvalue weighted by atomic mass is 19.4. The second-order valence-electron chi connectivity index (χ2n) is 8.46. The molecule has 0 radical (unpaired) electrons. The van der Waals surface area contributed by atoms with E-state index in [1.165, 1.54) is 6.07 Å². The number of rotatable bonds is 6. The molecular weight excluding hydrogens is 457 g/mol. The summed E-state index contributed by atoms with van der Waals surface area (Å²) < 4.78 is 50.5. The number of hydrogen-bond acceptors (Lipinski definition) is 4. The predicted molar refractivity (Wildman–Crippen MR) is 128 cm³/mol. The first-order valence-electron chi connectivity index (χ1n) is 11.3. The molecule has 184 valence electrons. The molecule has 3 aromatic rings. The fourth-order valence-electron chi connectivity index (χ4n) is 4.05. The molecule has 4 rings (SSSR count). The molecule has 0 saturated carbocycles. The van der Waals surface area contributed by atoms with Gasteiger partial charge in [-0.15, -0.1) is 0 Å². The number of carbonyl (C=O) groups is 1. The second-order valence-corrected chi connectivity index (χ2v) is 8.46. The Morgan fingerprint density at radius 1 is 0.943 bits per heavy atom. The molecule has 1 heterocycles. The van der Waals surface area contributed by atoms with E-state index in [0.717, 1.165) is 29.0 Å².